The van der Waals surface area contributed by atoms with Gasteiger partial charge in [0.2, 0.25) is 0 Å². The van der Waals surface area contributed by atoms with Gasteiger partial charge in [-0.05, 0) is 40.0 Å². The second-order valence-electron chi connectivity index (χ2n) is 2.68. The standard InChI is InChI=1S/2C3H9P.4CO.Cr/c2*1-4(2)3;4*1-2;/h2*1-3H3;;;;;. The zero-order valence-corrected chi connectivity index (χ0v) is 14.0. The first kappa shape index (κ1) is 43.3. The Hall–Kier alpha value is 0.352. The minimum Gasteiger partial charge on any atom is 0 e. The van der Waals surface area contributed by atoms with Crippen LogP contribution < -0.4 is 0 Å². The molecule has 0 amide bonds. The third-order valence-corrected chi connectivity index (χ3v) is 0. The maximum absolute atomic E-state index is 7.50. The van der Waals surface area contributed by atoms with E-state index in [1.165, 1.54) is 0 Å². The monoisotopic (exact) mass is 316 g/mol. The predicted octanol–water partition coefficient (Wildman–Crippen LogP) is 2.56. The smallest absolute Gasteiger partial charge is 0 e. The minimum atomic E-state index is 0. The van der Waals surface area contributed by atoms with E-state index < -0.39 is 0 Å². The summed E-state index contributed by atoms with van der Waals surface area (Å²) in [5.74, 6) is 0. The summed E-state index contributed by atoms with van der Waals surface area (Å²) < 4.78 is 30.0. The first-order chi connectivity index (χ1) is 7.46. The Labute approximate surface area is 118 Å². The minimum absolute atomic E-state index is 0. The fraction of sp³-hybridized carbons (Fsp3) is 0.600. The van der Waals surface area contributed by atoms with Gasteiger partial charge >= 0.3 is 45.2 Å². The van der Waals surface area contributed by atoms with Crippen LogP contribution >= 0.6 is 15.8 Å². The third-order valence-electron chi connectivity index (χ3n) is 0. The second-order valence-corrected chi connectivity index (χ2v) is 8.05. The molecule has 4 nitrogen and oxygen atoms in total. The van der Waals surface area contributed by atoms with Crippen molar-refractivity contribution in [2.24, 2.45) is 0 Å². The van der Waals surface area contributed by atoms with Crippen LogP contribution in [0.15, 0.2) is 0 Å². The number of rotatable bonds is 0. The quantitative estimate of drug-likeness (QED) is 0.374. The van der Waals surface area contributed by atoms with E-state index in [2.05, 4.69) is 66.6 Å². The first-order valence-electron chi connectivity index (χ1n) is 3.50. The van der Waals surface area contributed by atoms with Crippen molar-refractivity contribution in [2.75, 3.05) is 40.0 Å². The van der Waals surface area contributed by atoms with E-state index in [0.29, 0.717) is 15.8 Å². The molecular weight excluding hydrogens is 298 g/mol. The average molecular weight is 316 g/mol. The summed E-state index contributed by atoms with van der Waals surface area (Å²) in [4.78, 5) is 0. The maximum atomic E-state index is 7.50. The maximum Gasteiger partial charge on any atom is 0 e. The van der Waals surface area contributed by atoms with Crippen LogP contribution in [0.25, 0.3) is 0 Å². The second kappa shape index (κ2) is 95.5. The van der Waals surface area contributed by atoms with Crippen molar-refractivity contribution in [3.05, 3.63) is 26.6 Å². The molecule has 0 radical (unpaired) electrons. The molecule has 0 aromatic carbocycles. The topological polar surface area (TPSA) is 79.6 Å². The van der Waals surface area contributed by atoms with E-state index in [1.54, 1.807) is 0 Å². The van der Waals surface area contributed by atoms with Crippen LogP contribution in [0.5, 0.6) is 0 Å². The fourth-order valence-corrected chi connectivity index (χ4v) is 0. The molecule has 0 aliphatic heterocycles. The Morgan fingerprint density at radius 1 is 0.471 bits per heavy atom. The van der Waals surface area contributed by atoms with E-state index in [1.807, 2.05) is 0 Å². The summed E-state index contributed by atoms with van der Waals surface area (Å²) in [6.07, 6.45) is 0. The molecule has 0 bridgehead atoms. The average Bonchev–Trinajstić information content (AvgIpc) is 2.27. The number of hydrogen-bond acceptors (Lipinski definition) is 0. The number of hydrogen-bond donors (Lipinski definition) is 0. The van der Waals surface area contributed by atoms with Crippen molar-refractivity contribution in [3.8, 4) is 0 Å². The van der Waals surface area contributed by atoms with Crippen LogP contribution in [0.4, 0.5) is 0 Å². The summed E-state index contributed by atoms with van der Waals surface area (Å²) in [5.41, 5.74) is 0. The van der Waals surface area contributed by atoms with Gasteiger partial charge in [0, 0.05) is 17.4 Å². The van der Waals surface area contributed by atoms with Crippen LogP contribution in [0, 0.1) is 26.6 Å². The van der Waals surface area contributed by atoms with Gasteiger partial charge in [-0.15, -0.1) is 15.8 Å². The molecule has 0 aliphatic carbocycles. The van der Waals surface area contributed by atoms with Crippen molar-refractivity contribution in [1.82, 2.24) is 0 Å². The molecule has 0 rings (SSSR count). The summed E-state index contributed by atoms with van der Waals surface area (Å²) in [7, 11) is 0.759. The van der Waals surface area contributed by atoms with Crippen LogP contribution in [-0.4, -0.2) is 40.0 Å². The van der Waals surface area contributed by atoms with Gasteiger partial charge in [-0.1, -0.05) is 0 Å². The van der Waals surface area contributed by atoms with Gasteiger partial charge < -0.3 is 0 Å². The Balaban J connectivity index is -0.0000000146. The van der Waals surface area contributed by atoms with Crippen LogP contribution in [0.3, 0.4) is 0 Å². The molecule has 0 spiro atoms. The van der Waals surface area contributed by atoms with Crippen LogP contribution in [0.2, 0.25) is 0 Å². The molecule has 0 heterocycles. The van der Waals surface area contributed by atoms with E-state index in [4.69, 9.17) is 18.6 Å². The SMILES string of the molecule is CP(C)C.CP(C)C.[C-]#[O+].[C-]#[O+].[C-]#[O+].[C-]#[O+].[Cr]. The normalized spacial score (nSPS) is 4.71. The van der Waals surface area contributed by atoms with E-state index in [9.17, 15) is 0 Å². The molecule has 0 aromatic heterocycles. The zero-order valence-electron chi connectivity index (χ0n) is 10.9. The largest absolute Gasteiger partial charge is 0 e. The van der Waals surface area contributed by atoms with Gasteiger partial charge in [0.05, 0.1) is 0 Å². The van der Waals surface area contributed by atoms with Gasteiger partial charge in [0.25, 0.3) is 0 Å². The van der Waals surface area contributed by atoms with Crippen LogP contribution in [0.1, 0.15) is 0 Å². The molecular formula is C10H18CrO4P2. The predicted molar refractivity (Wildman–Crippen MR) is 65.1 cm³/mol. The van der Waals surface area contributed by atoms with Crippen LogP contribution in [-0.2, 0) is 36.0 Å². The van der Waals surface area contributed by atoms with Gasteiger partial charge in [0.15, 0.2) is 0 Å². The van der Waals surface area contributed by atoms with Crippen molar-refractivity contribution in [1.29, 1.82) is 0 Å². The third kappa shape index (κ3) is 27100. The van der Waals surface area contributed by atoms with Gasteiger partial charge in [-0.2, -0.15) is 0 Å². The first-order valence-corrected chi connectivity index (χ1v) is 8.87. The van der Waals surface area contributed by atoms with Crippen molar-refractivity contribution >= 4 is 15.8 Å². The molecule has 0 atom stereocenters. The van der Waals surface area contributed by atoms with Crippen molar-refractivity contribution in [2.45, 2.75) is 0 Å². The van der Waals surface area contributed by atoms with E-state index >= 15 is 0 Å². The molecule has 0 fully saturated rings. The van der Waals surface area contributed by atoms with Gasteiger partial charge in [-0.25, -0.2) is 0 Å². The summed E-state index contributed by atoms with van der Waals surface area (Å²) >= 11 is 0. The summed E-state index contributed by atoms with van der Waals surface area (Å²) in [5, 5.41) is 0. The Bertz CT molecular complexity index is 118. The molecule has 0 unspecified atom stereocenters. The summed E-state index contributed by atoms with van der Waals surface area (Å²) in [6, 6.07) is 0. The molecule has 0 aliphatic rings. The van der Waals surface area contributed by atoms with Gasteiger partial charge in [0.1, 0.15) is 0 Å². The fourth-order valence-electron chi connectivity index (χ4n) is 0. The van der Waals surface area contributed by atoms with Crippen molar-refractivity contribution < 1.29 is 36.0 Å². The molecule has 98 valence electrons. The van der Waals surface area contributed by atoms with E-state index in [0.717, 1.165) is 0 Å². The Morgan fingerprint density at radius 3 is 0.471 bits per heavy atom. The Kier molecular flexibility index (Phi) is 243. The molecule has 0 saturated heterocycles. The molecule has 0 aromatic rings. The molecule has 0 saturated carbocycles. The zero-order chi connectivity index (χ0) is 15.2. The molecule has 17 heavy (non-hydrogen) atoms. The van der Waals surface area contributed by atoms with Gasteiger partial charge in [-0.3, -0.25) is 0 Å². The molecule has 0 N–H and O–H groups in total. The van der Waals surface area contributed by atoms with E-state index in [-0.39, 0.29) is 17.4 Å². The molecule has 7 heteroatoms. The Morgan fingerprint density at radius 2 is 0.471 bits per heavy atom. The van der Waals surface area contributed by atoms with Crippen molar-refractivity contribution in [3.63, 3.8) is 0 Å². The summed E-state index contributed by atoms with van der Waals surface area (Å²) in [6.45, 7) is 31.4.